The number of carbonyl (C=O) groups is 1. The van der Waals surface area contributed by atoms with Crippen molar-refractivity contribution in [2.75, 3.05) is 40.5 Å². The Kier molecular flexibility index (Phi) is 10.4. The molecule has 4 N–H and O–H groups in total. The van der Waals surface area contributed by atoms with Gasteiger partial charge in [0.15, 0.2) is 0 Å². The Bertz CT molecular complexity index is 1810. The first-order chi connectivity index (χ1) is 23.2. The van der Waals surface area contributed by atoms with E-state index in [1.165, 1.54) is 7.11 Å². The van der Waals surface area contributed by atoms with Gasteiger partial charge in [-0.1, -0.05) is 59.6 Å². The van der Waals surface area contributed by atoms with E-state index in [0.717, 1.165) is 6.42 Å². The Morgan fingerprint density at radius 2 is 1.54 bits per heavy atom. The van der Waals surface area contributed by atoms with Crippen LogP contribution >= 0.6 is 23.2 Å². The molecule has 2 aromatic carbocycles. The van der Waals surface area contributed by atoms with Crippen molar-refractivity contribution in [2.24, 2.45) is 0 Å². The van der Waals surface area contributed by atoms with Gasteiger partial charge in [0.25, 0.3) is 0 Å². The highest BCUT2D eigenvalue weighted by Crippen LogP contribution is 2.42. The molecule has 2 fully saturated rings. The monoisotopic (exact) mass is 693 g/mol. The minimum atomic E-state index is -1.11. The number of halogens is 2. The predicted octanol–water partition coefficient (Wildman–Crippen LogP) is 3.89. The summed E-state index contributed by atoms with van der Waals surface area (Å²) in [6, 6.07) is 11.4. The Labute approximate surface area is 288 Å². The fraction of sp³-hybridized carbons (Fsp3) is 0.382. The van der Waals surface area contributed by atoms with Crippen LogP contribution in [0.2, 0.25) is 10.0 Å². The van der Waals surface area contributed by atoms with Crippen LogP contribution in [0.5, 0.6) is 11.8 Å². The van der Waals surface area contributed by atoms with Gasteiger partial charge in [-0.15, -0.1) is 0 Å². The lowest BCUT2D eigenvalue weighted by Crippen LogP contribution is -2.36. The van der Waals surface area contributed by atoms with Crippen LogP contribution in [-0.4, -0.2) is 93.1 Å². The first-order valence-electron chi connectivity index (χ1n) is 15.7. The molecule has 2 atom stereocenters. The fourth-order valence-corrected chi connectivity index (χ4v) is 6.75. The largest absolute Gasteiger partial charge is 0.480 e. The van der Waals surface area contributed by atoms with Crippen molar-refractivity contribution in [3.05, 3.63) is 70.2 Å². The molecule has 2 aromatic heterocycles. The number of aliphatic hydroxyl groups excluding tert-OH is 1. The Hall–Kier alpha value is -3.91. The molecule has 2 aliphatic heterocycles. The van der Waals surface area contributed by atoms with Crippen LogP contribution in [0.3, 0.4) is 0 Å². The number of amides is 1. The molecule has 252 valence electrons. The average molecular weight is 695 g/mol. The number of aliphatic hydroxyl groups is 2. The molecular weight excluding hydrogens is 657 g/mol. The fourth-order valence-electron chi connectivity index (χ4n) is 6.10. The summed E-state index contributed by atoms with van der Waals surface area (Å²) in [5.74, 6) is 0.805. The normalized spacial score (nSPS) is 19.5. The summed E-state index contributed by atoms with van der Waals surface area (Å²) in [7, 11) is 3.08. The second-order valence-corrected chi connectivity index (χ2v) is 12.8. The molecule has 4 aromatic rings. The SMILES string of the molecule is COc1nc(-c2cccc(-c3cccc(-c4cnc(CN5CCC(O)(CO)C5)c(OC)n4)c3Cl)c2Cl)cnc1CNC[C@@H]1CCC(=O)N1. The highest BCUT2D eigenvalue weighted by Gasteiger charge is 2.36. The van der Waals surface area contributed by atoms with Gasteiger partial charge in [-0.2, -0.15) is 0 Å². The summed E-state index contributed by atoms with van der Waals surface area (Å²) in [4.78, 5) is 32.2. The molecule has 14 heteroatoms. The van der Waals surface area contributed by atoms with Crippen LogP contribution in [0.25, 0.3) is 33.6 Å². The van der Waals surface area contributed by atoms with Crippen molar-refractivity contribution in [1.29, 1.82) is 0 Å². The number of aromatic nitrogens is 4. The quantitative estimate of drug-likeness (QED) is 0.171. The molecule has 1 unspecified atom stereocenters. The zero-order chi connectivity index (χ0) is 33.8. The summed E-state index contributed by atoms with van der Waals surface area (Å²) < 4.78 is 11.2. The zero-order valence-electron chi connectivity index (χ0n) is 26.7. The van der Waals surface area contributed by atoms with Crippen LogP contribution in [0.1, 0.15) is 30.7 Å². The number of β-amino-alcohol motifs (C(OH)–C–C–N with tert-alkyl or cyclic N) is 1. The molecule has 0 radical (unpaired) electrons. The van der Waals surface area contributed by atoms with Crippen molar-refractivity contribution in [3.63, 3.8) is 0 Å². The maximum atomic E-state index is 11.5. The second-order valence-electron chi connectivity index (χ2n) is 12.0. The van der Waals surface area contributed by atoms with Crippen molar-refractivity contribution < 1.29 is 24.5 Å². The molecule has 12 nitrogen and oxygen atoms in total. The van der Waals surface area contributed by atoms with Crippen LogP contribution < -0.4 is 20.1 Å². The smallest absolute Gasteiger partial charge is 0.237 e. The van der Waals surface area contributed by atoms with Gasteiger partial charge in [-0.05, 0) is 12.8 Å². The first-order valence-corrected chi connectivity index (χ1v) is 16.4. The molecule has 0 saturated carbocycles. The Morgan fingerprint density at radius 1 is 0.958 bits per heavy atom. The van der Waals surface area contributed by atoms with Crippen LogP contribution in [-0.2, 0) is 17.9 Å². The molecule has 0 bridgehead atoms. The standard InChI is InChI=1S/C34H37Cl2N7O5/c1-47-32-27(14-37-13-20-9-10-29(45)40-20)38-15-25(41-32)23-7-3-5-21(30(23)35)22-6-4-8-24(31(22)36)26-16-39-28(33(42-26)48-2)17-43-12-11-34(46,18-43)19-44/h3-8,15-16,20,37,44,46H,9-14,17-19H2,1-2H3,(H,40,45)/t20-,34?/m0/s1. The van der Waals surface area contributed by atoms with Gasteiger partial charge in [0.1, 0.15) is 17.0 Å². The highest BCUT2D eigenvalue weighted by atomic mass is 35.5. The number of benzene rings is 2. The molecule has 4 heterocycles. The van der Waals surface area contributed by atoms with Gasteiger partial charge in [0.2, 0.25) is 17.7 Å². The Morgan fingerprint density at radius 3 is 2.08 bits per heavy atom. The van der Waals surface area contributed by atoms with Crippen LogP contribution in [0.4, 0.5) is 0 Å². The number of hydrogen-bond acceptors (Lipinski definition) is 11. The molecule has 2 saturated heterocycles. The predicted molar refractivity (Wildman–Crippen MR) is 182 cm³/mol. The van der Waals surface area contributed by atoms with Crippen LogP contribution in [0, 0.1) is 0 Å². The van der Waals surface area contributed by atoms with Crippen LogP contribution in [0.15, 0.2) is 48.8 Å². The minimum absolute atomic E-state index is 0.0767. The summed E-state index contributed by atoms with van der Waals surface area (Å²) >= 11 is 14.1. The van der Waals surface area contributed by atoms with E-state index in [-0.39, 0.29) is 18.6 Å². The van der Waals surface area contributed by atoms with E-state index in [9.17, 15) is 15.0 Å². The van der Waals surface area contributed by atoms with Gasteiger partial charge < -0.3 is 30.3 Å². The number of rotatable bonds is 12. The number of hydrogen-bond donors (Lipinski definition) is 4. The number of likely N-dealkylation sites (tertiary alicyclic amines) is 1. The summed E-state index contributed by atoms with van der Waals surface area (Å²) in [6.45, 7) is 2.15. The summed E-state index contributed by atoms with van der Waals surface area (Å²) in [6.07, 6.45) is 5.15. The highest BCUT2D eigenvalue weighted by molar-refractivity contribution is 6.39. The van der Waals surface area contributed by atoms with Gasteiger partial charge in [0.05, 0.1) is 54.7 Å². The number of methoxy groups -OCH3 is 2. The topological polar surface area (TPSA) is 155 Å². The van der Waals surface area contributed by atoms with E-state index in [4.69, 9.17) is 42.6 Å². The van der Waals surface area contributed by atoms with E-state index in [0.29, 0.717) is 112 Å². The number of nitrogens with zero attached hydrogens (tertiary/aromatic N) is 5. The number of nitrogens with one attached hydrogen (secondary N) is 2. The number of ether oxygens (including phenoxy) is 2. The Balaban J connectivity index is 1.23. The van der Waals surface area contributed by atoms with E-state index in [1.54, 1.807) is 19.5 Å². The third-order valence-corrected chi connectivity index (χ3v) is 9.51. The molecule has 1 amide bonds. The first kappa shape index (κ1) is 34.0. The third-order valence-electron chi connectivity index (χ3n) is 8.70. The molecular formula is C34H37Cl2N7O5. The second kappa shape index (κ2) is 14.7. The van der Waals surface area contributed by atoms with Crippen molar-refractivity contribution in [2.45, 2.75) is 44.0 Å². The van der Waals surface area contributed by atoms with Gasteiger partial charge in [-0.3, -0.25) is 19.7 Å². The van der Waals surface area contributed by atoms with E-state index < -0.39 is 5.60 Å². The summed E-state index contributed by atoms with van der Waals surface area (Å²) in [5, 5.41) is 27.1. The van der Waals surface area contributed by atoms with Gasteiger partial charge in [0, 0.05) is 67.4 Å². The molecule has 6 rings (SSSR count). The van der Waals surface area contributed by atoms with E-state index >= 15 is 0 Å². The minimum Gasteiger partial charge on any atom is -0.480 e. The zero-order valence-corrected chi connectivity index (χ0v) is 28.2. The van der Waals surface area contributed by atoms with Gasteiger partial charge >= 0.3 is 0 Å². The lowest BCUT2D eigenvalue weighted by molar-refractivity contribution is -0.119. The molecule has 2 aliphatic rings. The lowest BCUT2D eigenvalue weighted by atomic mass is 9.98. The molecule has 48 heavy (non-hydrogen) atoms. The number of carbonyl (C=O) groups excluding carboxylic acids is 1. The maximum Gasteiger partial charge on any atom is 0.237 e. The molecule has 0 aliphatic carbocycles. The molecule has 0 spiro atoms. The maximum absolute atomic E-state index is 11.5. The van der Waals surface area contributed by atoms with Gasteiger partial charge in [-0.25, -0.2) is 9.97 Å². The lowest BCUT2D eigenvalue weighted by Gasteiger charge is -2.21. The van der Waals surface area contributed by atoms with Crippen molar-refractivity contribution >= 4 is 29.1 Å². The summed E-state index contributed by atoms with van der Waals surface area (Å²) in [5.41, 5.74) is 3.94. The third kappa shape index (κ3) is 7.24. The van der Waals surface area contributed by atoms with E-state index in [2.05, 4.69) is 20.6 Å². The average Bonchev–Trinajstić information content (AvgIpc) is 3.70. The van der Waals surface area contributed by atoms with Crippen molar-refractivity contribution in [1.82, 2.24) is 35.5 Å². The van der Waals surface area contributed by atoms with Crippen molar-refractivity contribution in [3.8, 4) is 45.4 Å². The van der Waals surface area contributed by atoms with E-state index in [1.807, 2.05) is 41.3 Å².